The minimum absolute atomic E-state index is 0.0436. The number of nitrogens with two attached hydrogens (primary N) is 2. The van der Waals surface area contributed by atoms with E-state index in [4.69, 9.17) is 16.2 Å². The molecule has 1 unspecified atom stereocenters. The maximum atomic E-state index is 13.3. The zero-order chi connectivity index (χ0) is 21.9. The van der Waals surface area contributed by atoms with E-state index in [1.807, 2.05) is 6.92 Å². The molecule has 160 valence electrons. The van der Waals surface area contributed by atoms with E-state index in [-0.39, 0.29) is 24.2 Å². The Morgan fingerprint density at radius 2 is 1.93 bits per heavy atom. The summed E-state index contributed by atoms with van der Waals surface area (Å²) in [6, 6.07) is 11.5. The van der Waals surface area contributed by atoms with Gasteiger partial charge in [0, 0.05) is 19.2 Å². The minimum Gasteiger partial charge on any atom is -0.494 e. The Morgan fingerprint density at radius 3 is 2.53 bits per heavy atom. The van der Waals surface area contributed by atoms with E-state index >= 15 is 0 Å². The second-order valence-corrected chi connectivity index (χ2v) is 6.83. The van der Waals surface area contributed by atoms with Gasteiger partial charge in [0.25, 0.3) is 5.91 Å². The van der Waals surface area contributed by atoms with Crippen LogP contribution in [0, 0.1) is 0 Å². The van der Waals surface area contributed by atoms with Crippen molar-refractivity contribution < 1.29 is 23.0 Å². The highest BCUT2D eigenvalue weighted by atomic mass is 19.3. The number of benzene rings is 2. The van der Waals surface area contributed by atoms with Crippen LogP contribution in [0.5, 0.6) is 11.5 Å². The molecule has 2 aromatic rings. The summed E-state index contributed by atoms with van der Waals surface area (Å²) in [6.07, 6.45) is 0.827. The molecule has 1 aliphatic heterocycles. The van der Waals surface area contributed by atoms with Crippen LogP contribution in [0.4, 0.5) is 8.78 Å². The molecular weight excluding hydrogens is 394 g/mol. The van der Waals surface area contributed by atoms with Crippen molar-refractivity contribution >= 4 is 11.9 Å². The van der Waals surface area contributed by atoms with Crippen LogP contribution in [-0.4, -0.2) is 37.0 Å². The van der Waals surface area contributed by atoms with Crippen molar-refractivity contribution in [2.75, 3.05) is 13.7 Å². The SMILES string of the molecule is CCCOc1cccc(C2(c3ccc(OC(F)F)c(CN)c3)N=C(N)N(C)C2=O)c1. The molecule has 0 aliphatic carbocycles. The van der Waals surface area contributed by atoms with E-state index in [1.165, 1.54) is 24.1 Å². The van der Waals surface area contributed by atoms with Crippen molar-refractivity contribution in [3.63, 3.8) is 0 Å². The first-order valence-corrected chi connectivity index (χ1v) is 9.48. The maximum Gasteiger partial charge on any atom is 0.387 e. The predicted molar refractivity (Wildman–Crippen MR) is 108 cm³/mol. The quantitative estimate of drug-likeness (QED) is 0.686. The van der Waals surface area contributed by atoms with Gasteiger partial charge in [-0.1, -0.05) is 25.1 Å². The van der Waals surface area contributed by atoms with Gasteiger partial charge >= 0.3 is 6.61 Å². The van der Waals surface area contributed by atoms with Crippen molar-refractivity contribution in [1.29, 1.82) is 0 Å². The number of guanidine groups is 1. The highest BCUT2D eigenvalue weighted by Crippen LogP contribution is 2.41. The molecule has 1 amide bonds. The van der Waals surface area contributed by atoms with Gasteiger partial charge in [-0.05, 0) is 41.8 Å². The summed E-state index contributed by atoms with van der Waals surface area (Å²) in [7, 11) is 1.53. The van der Waals surface area contributed by atoms with Gasteiger partial charge in [0.1, 0.15) is 11.5 Å². The lowest BCUT2D eigenvalue weighted by atomic mass is 9.82. The molecule has 0 fully saturated rings. The Bertz CT molecular complexity index is 967. The van der Waals surface area contributed by atoms with E-state index in [1.54, 1.807) is 30.3 Å². The van der Waals surface area contributed by atoms with Crippen LogP contribution < -0.4 is 20.9 Å². The van der Waals surface area contributed by atoms with Crippen LogP contribution in [0.15, 0.2) is 47.5 Å². The fraction of sp³-hybridized carbons (Fsp3) is 0.333. The lowest BCUT2D eigenvalue weighted by molar-refractivity contribution is -0.129. The average molecular weight is 418 g/mol. The van der Waals surface area contributed by atoms with Gasteiger partial charge in [-0.25, -0.2) is 4.99 Å². The molecule has 9 heteroatoms. The average Bonchev–Trinajstić information content (AvgIpc) is 2.97. The number of likely N-dealkylation sites (N-methyl/N-ethyl adjacent to an activating group) is 1. The highest BCUT2D eigenvalue weighted by molar-refractivity contribution is 6.09. The van der Waals surface area contributed by atoms with E-state index in [0.717, 1.165) is 6.42 Å². The van der Waals surface area contributed by atoms with E-state index in [2.05, 4.69) is 9.73 Å². The van der Waals surface area contributed by atoms with Crippen LogP contribution in [0.2, 0.25) is 0 Å². The summed E-state index contributed by atoms with van der Waals surface area (Å²) >= 11 is 0. The number of halogens is 2. The van der Waals surface area contributed by atoms with Gasteiger partial charge in [0.05, 0.1) is 6.61 Å². The van der Waals surface area contributed by atoms with Gasteiger partial charge < -0.3 is 20.9 Å². The topological polar surface area (TPSA) is 103 Å². The third-order valence-corrected chi connectivity index (χ3v) is 4.88. The number of aliphatic imine (C=N–C) groups is 1. The maximum absolute atomic E-state index is 13.3. The molecule has 2 aromatic carbocycles. The zero-order valence-electron chi connectivity index (χ0n) is 16.8. The third-order valence-electron chi connectivity index (χ3n) is 4.88. The normalized spacial score (nSPS) is 18.7. The molecule has 7 nitrogen and oxygen atoms in total. The minimum atomic E-state index is -2.99. The molecule has 3 rings (SSSR count). The van der Waals surface area contributed by atoms with Gasteiger partial charge in [-0.2, -0.15) is 8.78 Å². The zero-order valence-corrected chi connectivity index (χ0v) is 16.8. The molecule has 0 bridgehead atoms. The molecular formula is C21H24F2N4O3. The summed E-state index contributed by atoms with van der Waals surface area (Å²) in [6.45, 7) is -0.541. The molecule has 0 saturated carbocycles. The van der Waals surface area contributed by atoms with E-state index in [9.17, 15) is 13.6 Å². The number of ether oxygens (including phenoxy) is 2. The molecule has 0 radical (unpaired) electrons. The monoisotopic (exact) mass is 418 g/mol. The number of hydrogen-bond acceptors (Lipinski definition) is 6. The van der Waals surface area contributed by atoms with E-state index < -0.39 is 12.2 Å². The number of amides is 1. The number of rotatable bonds is 8. The number of alkyl halides is 2. The number of hydrogen-bond donors (Lipinski definition) is 2. The van der Waals surface area contributed by atoms with E-state index in [0.29, 0.717) is 29.0 Å². The summed E-state index contributed by atoms with van der Waals surface area (Å²) in [5, 5.41) is 0. The first kappa shape index (κ1) is 21.5. The molecule has 0 aromatic heterocycles. The Hall–Kier alpha value is -3.20. The second-order valence-electron chi connectivity index (χ2n) is 6.83. The first-order valence-electron chi connectivity index (χ1n) is 9.48. The first-order chi connectivity index (χ1) is 14.3. The van der Waals surface area contributed by atoms with Crippen LogP contribution in [-0.2, 0) is 16.9 Å². The molecule has 30 heavy (non-hydrogen) atoms. The molecule has 1 atom stereocenters. The lowest BCUT2D eigenvalue weighted by Gasteiger charge is -2.27. The third kappa shape index (κ3) is 3.80. The fourth-order valence-electron chi connectivity index (χ4n) is 3.39. The molecule has 4 N–H and O–H groups in total. The van der Waals surface area contributed by atoms with Crippen molar-refractivity contribution in [1.82, 2.24) is 4.90 Å². The van der Waals surface area contributed by atoms with Crippen molar-refractivity contribution in [2.24, 2.45) is 16.5 Å². The van der Waals surface area contributed by atoms with Crippen molar-refractivity contribution in [2.45, 2.75) is 32.0 Å². The molecule has 0 saturated heterocycles. The Morgan fingerprint density at radius 1 is 1.20 bits per heavy atom. The Balaban J connectivity index is 2.17. The lowest BCUT2D eigenvalue weighted by Crippen LogP contribution is -2.41. The van der Waals surface area contributed by atoms with Crippen molar-refractivity contribution in [3.05, 3.63) is 59.2 Å². The number of carbonyl (C=O) groups excluding carboxylic acids is 1. The number of nitrogens with zero attached hydrogens (tertiary/aromatic N) is 2. The largest absolute Gasteiger partial charge is 0.494 e. The summed E-state index contributed by atoms with van der Waals surface area (Å²) in [5.41, 5.74) is 11.5. The number of carbonyl (C=O) groups is 1. The fourth-order valence-corrected chi connectivity index (χ4v) is 3.39. The van der Waals surface area contributed by atoms with Gasteiger partial charge in [-0.3, -0.25) is 9.69 Å². The van der Waals surface area contributed by atoms with Gasteiger partial charge in [-0.15, -0.1) is 0 Å². The van der Waals surface area contributed by atoms with Gasteiger partial charge in [0.2, 0.25) is 0 Å². The second kappa shape index (κ2) is 8.66. The van der Waals surface area contributed by atoms with Crippen LogP contribution in [0.25, 0.3) is 0 Å². The molecule has 1 heterocycles. The van der Waals surface area contributed by atoms with Crippen LogP contribution >= 0.6 is 0 Å². The van der Waals surface area contributed by atoms with Crippen LogP contribution in [0.1, 0.15) is 30.0 Å². The summed E-state index contributed by atoms with van der Waals surface area (Å²) in [4.78, 5) is 19.1. The smallest absolute Gasteiger partial charge is 0.387 e. The summed E-state index contributed by atoms with van der Waals surface area (Å²) in [5.74, 6) is 0.198. The van der Waals surface area contributed by atoms with Crippen molar-refractivity contribution in [3.8, 4) is 11.5 Å². The van der Waals surface area contributed by atoms with Crippen LogP contribution in [0.3, 0.4) is 0 Å². The summed E-state index contributed by atoms with van der Waals surface area (Å²) < 4.78 is 35.7. The predicted octanol–water partition coefficient (Wildman–Crippen LogP) is 2.57. The molecule has 1 aliphatic rings. The highest BCUT2D eigenvalue weighted by Gasteiger charge is 2.49. The standard InChI is InChI=1S/C21H24F2N4O3/c1-3-9-29-16-6-4-5-14(11-16)21(18(28)27(2)20(25)26-21)15-7-8-17(30-19(22)23)13(10-15)12-24/h4-8,10-11,19H,3,9,12,24H2,1-2H3,(H2,25,26). The van der Waals surface area contributed by atoms with Gasteiger partial charge in [0.15, 0.2) is 11.5 Å². The molecule has 0 spiro atoms. The Labute approximate surface area is 173 Å². The Kier molecular flexibility index (Phi) is 6.21.